The average Bonchev–Trinajstić information content (AvgIpc) is 3.55. The number of benzene rings is 3. The van der Waals surface area contributed by atoms with Crippen LogP contribution in [-0.2, 0) is 17.4 Å². The maximum absolute atomic E-state index is 14.2. The maximum atomic E-state index is 14.2. The Morgan fingerprint density at radius 3 is 2.45 bits per heavy atom. The Morgan fingerprint density at radius 2 is 1.74 bits per heavy atom. The lowest BCUT2D eigenvalue weighted by molar-refractivity contribution is -0.138. The van der Waals surface area contributed by atoms with Crippen LogP contribution in [-0.4, -0.2) is 46.5 Å². The second-order valence-electron chi connectivity index (χ2n) is 11.2. The SMILES string of the molecule is O=C(O)C[C@@H]1COc2cc(O[C@@H]3CCc4c3ccc(C(F)(F)F)c4-c3ccc(OCC4(O)CCSCC4)cc3)ccc21. The van der Waals surface area contributed by atoms with Crippen molar-refractivity contribution in [2.75, 3.05) is 24.7 Å². The molecule has 0 amide bonds. The number of rotatable bonds is 8. The van der Waals surface area contributed by atoms with E-state index in [1.54, 1.807) is 54.2 Å². The Hall–Kier alpha value is -3.37. The number of aliphatic carboxylic acids is 1. The summed E-state index contributed by atoms with van der Waals surface area (Å²) < 4.78 is 60.4. The first kappa shape index (κ1) is 28.7. The molecule has 3 aromatic carbocycles. The van der Waals surface area contributed by atoms with Gasteiger partial charge in [-0.3, -0.25) is 4.79 Å². The van der Waals surface area contributed by atoms with Gasteiger partial charge in [0.1, 0.15) is 35.6 Å². The first-order valence-electron chi connectivity index (χ1n) is 14.0. The van der Waals surface area contributed by atoms with E-state index in [0.717, 1.165) is 23.1 Å². The molecule has 0 spiro atoms. The molecule has 0 aromatic heterocycles. The minimum absolute atomic E-state index is 0.0257. The largest absolute Gasteiger partial charge is 0.492 e. The minimum atomic E-state index is -4.54. The van der Waals surface area contributed by atoms with Crippen molar-refractivity contribution in [1.29, 1.82) is 0 Å². The Labute approximate surface area is 245 Å². The highest BCUT2D eigenvalue weighted by Crippen LogP contribution is 2.47. The van der Waals surface area contributed by atoms with E-state index < -0.39 is 29.4 Å². The van der Waals surface area contributed by atoms with E-state index in [2.05, 4.69) is 0 Å². The molecule has 0 bridgehead atoms. The van der Waals surface area contributed by atoms with Gasteiger partial charge in [0.15, 0.2) is 0 Å². The van der Waals surface area contributed by atoms with Gasteiger partial charge in [-0.05, 0) is 83.7 Å². The first-order chi connectivity index (χ1) is 20.1. The summed E-state index contributed by atoms with van der Waals surface area (Å²) in [6.07, 6.45) is -2.77. The van der Waals surface area contributed by atoms with Gasteiger partial charge in [0.05, 0.1) is 18.6 Å². The van der Waals surface area contributed by atoms with Crippen LogP contribution < -0.4 is 14.2 Å². The van der Waals surface area contributed by atoms with Crippen LogP contribution in [0.1, 0.15) is 60.0 Å². The molecule has 0 unspecified atom stereocenters. The fourth-order valence-corrected chi connectivity index (χ4v) is 7.31. The van der Waals surface area contributed by atoms with Crippen LogP contribution in [0, 0.1) is 0 Å². The van der Waals surface area contributed by atoms with E-state index in [9.17, 15) is 23.1 Å². The van der Waals surface area contributed by atoms with E-state index in [0.29, 0.717) is 59.6 Å². The number of hydrogen-bond donors (Lipinski definition) is 2. The van der Waals surface area contributed by atoms with Gasteiger partial charge in [-0.25, -0.2) is 0 Å². The van der Waals surface area contributed by atoms with Gasteiger partial charge in [-0.2, -0.15) is 24.9 Å². The topological polar surface area (TPSA) is 85.2 Å². The minimum Gasteiger partial charge on any atom is -0.492 e. The number of thioether (sulfide) groups is 1. The molecule has 1 aliphatic carbocycles. The smallest absolute Gasteiger partial charge is 0.417 e. The van der Waals surface area contributed by atoms with E-state index >= 15 is 0 Å². The molecule has 2 aliphatic heterocycles. The number of alkyl halides is 3. The molecule has 6 nitrogen and oxygen atoms in total. The molecule has 2 heterocycles. The lowest BCUT2D eigenvalue weighted by Crippen LogP contribution is -2.39. The molecule has 2 atom stereocenters. The second kappa shape index (κ2) is 11.4. The number of hydrogen-bond acceptors (Lipinski definition) is 6. The highest BCUT2D eigenvalue weighted by Gasteiger charge is 2.38. The van der Waals surface area contributed by atoms with Crippen molar-refractivity contribution >= 4 is 17.7 Å². The van der Waals surface area contributed by atoms with E-state index in [-0.39, 0.29) is 31.1 Å². The van der Waals surface area contributed by atoms with Crippen molar-refractivity contribution in [3.8, 4) is 28.4 Å². The standard InChI is InChI=1S/C32H31F3O6S/c33-32(34,35)26-9-7-24-25(30(26)19-1-3-21(4-2-19)40-18-31(38)11-13-42-14-12-31)8-10-27(24)41-22-5-6-23-20(15-29(36)37)17-39-28(23)16-22/h1-7,9,16,20,27,38H,8,10-15,17-18H2,(H,36,37)/t20-,27-/m1/s1. The Kier molecular flexibility index (Phi) is 7.78. The molecule has 10 heteroatoms. The summed E-state index contributed by atoms with van der Waals surface area (Å²) in [6, 6.07) is 14.5. The van der Waals surface area contributed by atoms with Crippen molar-refractivity contribution in [2.45, 2.75) is 55.9 Å². The molecular formula is C32H31F3O6S. The molecular weight excluding hydrogens is 569 g/mol. The predicted octanol–water partition coefficient (Wildman–Crippen LogP) is 7.03. The van der Waals surface area contributed by atoms with Crippen LogP contribution in [0.2, 0.25) is 0 Å². The van der Waals surface area contributed by atoms with Crippen molar-refractivity contribution in [3.63, 3.8) is 0 Å². The molecule has 1 saturated heterocycles. The molecule has 42 heavy (non-hydrogen) atoms. The zero-order valence-electron chi connectivity index (χ0n) is 22.8. The molecule has 2 N–H and O–H groups in total. The molecule has 6 rings (SSSR count). The molecule has 1 fully saturated rings. The molecule has 222 valence electrons. The van der Waals surface area contributed by atoms with Gasteiger partial charge in [0.2, 0.25) is 0 Å². The summed E-state index contributed by atoms with van der Waals surface area (Å²) in [5.41, 5.74) is 1.14. The lowest BCUT2D eigenvalue weighted by atomic mass is 9.91. The van der Waals surface area contributed by atoms with Crippen LogP contribution >= 0.6 is 11.8 Å². The highest BCUT2D eigenvalue weighted by atomic mass is 32.2. The monoisotopic (exact) mass is 600 g/mol. The zero-order valence-corrected chi connectivity index (χ0v) is 23.6. The number of carboxylic acid groups (broad SMARTS) is 1. The average molecular weight is 601 g/mol. The van der Waals surface area contributed by atoms with Gasteiger partial charge < -0.3 is 24.4 Å². The van der Waals surface area contributed by atoms with Crippen molar-refractivity contribution < 1.29 is 42.4 Å². The summed E-state index contributed by atoms with van der Waals surface area (Å²) in [4.78, 5) is 11.1. The Balaban J connectivity index is 1.24. The number of carboxylic acids is 1. The lowest BCUT2D eigenvalue weighted by Gasteiger charge is -2.31. The number of fused-ring (bicyclic) bond motifs is 2. The number of ether oxygens (including phenoxy) is 3. The summed E-state index contributed by atoms with van der Waals surface area (Å²) in [5.74, 6) is 2.21. The third-order valence-corrected chi connectivity index (χ3v) is 9.28. The molecule has 0 saturated carbocycles. The van der Waals surface area contributed by atoms with Crippen LogP contribution in [0.15, 0.2) is 54.6 Å². The van der Waals surface area contributed by atoms with Crippen molar-refractivity contribution in [2.24, 2.45) is 0 Å². The Bertz CT molecular complexity index is 1470. The fraction of sp³-hybridized carbons (Fsp3) is 0.406. The number of carbonyl (C=O) groups is 1. The molecule has 0 radical (unpaired) electrons. The Morgan fingerprint density at radius 1 is 1.02 bits per heavy atom. The first-order valence-corrected chi connectivity index (χ1v) is 15.2. The third-order valence-electron chi connectivity index (χ3n) is 8.30. The summed E-state index contributed by atoms with van der Waals surface area (Å²) >= 11 is 1.80. The van der Waals surface area contributed by atoms with Gasteiger partial charge in [-0.1, -0.05) is 24.3 Å². The van der Waals surface area contributed by atoms with Crippen LogP contribution in [0.25, 0.3) is 11.1 Å². The summed E-state index contributed by atoms with van der Waals surface area (Å²) in [6.45, 7) is 0.430. The second-order valence-corrected chi connectivity index (χ2v) is 12.4. The van der Waals surface area contributed by atoms with E-state index in [4.69, 9.17) is 19.3 Å². The van der Waals surface area contributed by atoms with Gasteiger partial charge in [0.25, 0.3) is 0 Å². The maximum Gasteiger partial charge on any atom is 0.417 e. The quantitative estimate of drug-likeness (QED) is 0.287. The molecule has 3 aliphatic rings. The molecule has 3 aromatic rings. The van der Waals surface area contributed by atoms with Crippen molar-refractivity contribution in [1.82, 2.24) is 0 Å². The normalized spacial score (nSPS) is 20.9. The third kappa shape index (κ3) is 5.92. The van der Waals surface area contributed by atoms with Gasteiger partial charge in [-0.15, -0.1) is 0 Å². The van der Waals surface area contributed by atoms with Gasteiger partial charge in [0, 0.05) is 17.5 Å². The fourth-order valence-electron chi connectivity index (χ4n) is 6.06. The van der Waals surface area contributed by atoms with Gasteiger partial charge >= 0.3 is 12.1 Å². The number of halogens is 3. The summed E-state index contributed by atoms with van der Waals surface area (Å²) in [7, 11) is 0. The van der Waals surface area contributed by atoms with Crippen molar-refractivity contribution in [3.05, 3.63) is 76.9 Å². The van der Waals surface area contributed by atoms with Crippen LogP contribution in [0.3, 0.4) is 0 Å². The predicted molar refractivity (Wildman–Crippen MR) is 153 cm³/mol. The highest BCUT2D eigenvalue weighted by molar-refractivity contribution is 7.99. The van der Waals surface area contributed by atoms with E-state index in [1.165, 1.54) is 6.07 Å². The van der Waals surface area contributed by atoms with Crippen LogP contribution in [0.5, 0.6) is 17.2 Å². The zero-order chi connectivity index (χ0) is 29.5. The van der Waals surface area contributed by atoms with E-state index in [1.807, 2.05) is 0 Å². The number of aliphatic hydroxyl groups is 1. The van der Waals surface area contributed by atoms with Crippen LogP contribution in [0.4, 0.5) is 13.2 Å². The summed E-state index contributed by atoms with van der Waals surface area (Å²) in [5, 5.41) is 19.9.